The molecule has 0 aromatic carbocycles. The number of methoxy groups -OCH3 is 1. The highest BCUT2D eigenvalue weighted by atomic mass is 32.2. The van der Waals surface area contributed by atoms with Crippen LogP contribution in [0.2, 0.25) is 0 Å². The van der Waals surface area contributed by atoms with Crippen LogP contribution in [0.4, 0.5) is 0 Å². The van der Waals surface area contributed by atoms with Crippen LogP contribution in [0.1, 0.15) is 23.9 Å². The standard InChI is InChI=1S/C10H15NO5S/c1-3-8(7-15-2)11-17(13,14)10-5-4-9(6-12)16-10/h4-6,8,11H,3,7H2,1-2H3. The highest BCUT2D eigenvalue weighted by Gasteiger charge is 2.22. The normalized spacial score (nSPS) is 13.5. The quantitative estimate of drug-likeness (QED) is 0.733. The van der Waals surface area contributed by atoms with Crippen LogP contribution < -0.4 is 4.72 Å². The zero-order valence-corrected chi connectivity index (χ0v) is 10.5. The van der Waals surface area contributed by atoms with Crippen molar-refractivity contribution < 1.29 is 22.4 Å². The SMILES string of the molecule is CCC(COC)NS(=O)(=O)c1ccc(C=O)o1. The molecule has 1 aromatic rings. The number of hydrogen-bond donors (Lipinski definition) is 1. The third-order valence-corrected chi connectivity index (χ3v) is 3.56. The summed E-state index contributed by atoms with van der Waals surface area (Å²) >= 11 is 0. The van der Waals surface area contributed by atoms with Crippen molar-refractivity contribution in [3.63, 3.8) is 0 Å². The summed E-state index contributed by atoms with van der Waals surface area (Å²) in [5.41, 5.74) is 0. The molecule has 0 amide bonds. The lowest BCUT2D eigenvalue weighted by atomic mass is 10.3. The number of rotatable bonds is 7. The van der Waals surface area contributed by atoms with E-state index in [4.69, 9.17) is 9.15 Å². The minimum atomic E-state index is -3.74. The highest BCUT2D eigenvalue weighted by molar-refractivity contribution is 7.89. The maximum atomic E-state index is 11.8. The molecule has 1 heterocycles. The molecule has 1 unspecified atom stereocenters. The number of aldehydes is 1. The molecule has 17 heavy (non-hydrogen) atoms. The van der Waals surface area contributed by atoms with Crippen LogP contribution in [-0.4, -0.2) is 34.5 Å². The molecular weight excluding hydrogens is 246 g/mol. The maximum Gasteiger partial charge on any atom is 0.274 e. The molecule has 7 heteroatoms. The van der Waals surface area contributed by atoms with E-state index in [1.54, 1.807) is 0 Å². The molecule has 0 aliphatic rings. The van der Waals surface area contributed by atoms with Crippen LogP contribution in [0.3, 0.4) is 0 Å². The first-order chi connectivity index (χ1) is 8.03. The van der Waals surface area contributed by atoms with E-state index in [1.165, 1.54) is 19.2 Å². The van der Waals surface area contributed by atoms with Gasteiger partial charge in [0.15, 0.2) is 12.0 Å². The Balaban J connectivity index is 2.83. The Bertz CT molecular complexity index is 465. The van der Waals surface area contributed by atoms with Gasteiger partial charge in [0.05, 0.1) is 6.61 Å². The monoisotopic (exact) mass is 261 g/mol. The number of ether oxygens (including phenoxy) is 1. The molecule has 1 aromatic heterocycles. The van der Waals surface area contributed by atoms with Gasteiger partial charge in [-0.3, -0.25) is 4.79 Å². The average Bonchev–Trinajstić information content (AvgIpc) is 2.77. The van der Waals surface area contributed by atoms with Crippen molar-refractivity contribution in [2.24, 2.45) is 0 Å². The van der Waals surface area contributed by atoms with Crippen molar-refractivity contribution in [3.05, 3.63) is 17.9 Å². The van der Waals surface area contributed by atoms with Gasteiger partial charge in [-0.1, -0.05) is 6.92 Å². The van der Waals surface area contributed by atoms with Gasteiger partial charge in [-0.2, -0.15) is 0 Å². The highest BCUT2D eigenvalue weighted by Crippen LogP contribution is 2.13. The zero-order valence-electron chi connectivity index (χ0n) is 9.67. The van der Waals surface area contributed by atoms with Gasteiger partial charge in [0, 0.05) is 13.2 Å². The fraction of sp³-hybridized carbons (Fsp3) is 0.500. The van der Waals surface area contributed by atoms with Gasteiger partial charge in [0.2, 0.25) is 5.09 Å². The summed E-state index contributed by atoms with van der Waals surface area (Å²) in [7, 11) is -2.24. The van der Waals surface area contributed by atoms with E-state index < -0.39 is 10.0 Å². The Morgan fingerprint density at radius 3 is 2.71 bits per heavy atom. The third kappa shape index (κ3) is 3.65. The van der Waals surface area contributed by atoms with E-state index in [1.807, 2.05) is 6.92 Å². The smallest absolute Gasteiger partial charge is 0.274 e. The second kappa shape index (κ2) is 5.95. The summed E-state index contributed by atoms with van der Waals surface area (Å²) in [6.07, 6.45) is 1.04. The second-order valence-electron chi connectivity index (χ2n) is 3.46. The van der Waals surface area contributed by atoms with Crippen LogP contribution in [-0.2, 0) is 14.8 Å². The van der Waals surface area contributed by atoms with Crippen molar-refractivity contribution in [1.82, 2.24) is 4.72 Å². The molecular formula is C10H15NO5S. The molecule has 1 N–H and O–H groups in total. The van der Waals surface area contributed by atoms with E-state index in [-0.39, 0.29) is 23.5 Å². The van der Waals surface area contributed by atoms with Gasteiger partial charge in [-0.25, -0.2) is 13.1 Å². The summed E-state index contributed by atoms with van der Waals surface area (Å²) in [5.74, 6) is -0.0230. The van der Waals surface area contributed by atoms with E-state index in [2.05, 4.69) is 4.72 Å². The molecule has 6 nitrogen and oxygen atoms in total. The molecule has 0 fully saturated rings. The lowest BCUT2D eigenvalue weighted by Gasteiger charge is -2.14. The number of sulfonamides is 1. The van der Waals surface area contributed by atoms with Gasteiger partial charge < -0.3 is 9.15 Å². The van der Waals surface area contributed by atoms with Gasteiger partial charge >= 0.3 is 0 Å². The van der Waals surface area contributed by atoms with Crippen molar-refractivity contribution in [2.75, 3.05) is 13.7 Å². The van der Waals surface area contributed by atoms with Gasteiger partial charge in [0.25, 0.3) is 10.0 Å². The summed E-state index contributed by atoms with van der Waals surface area (Å²) in [5, 5.41) is -0.269. The van der Waals surface area contributed by atoms with Crippen LogP contribution in [0.25, 0.3) is 0 Å². The minimum Gasteiger partial charge on any atom is -0.440 e. The Labute approximate surface area is 100 Å². The fourth-order valence-electron chi connectivity index (χ4n) is 1.26. The molecule has 96 valence electrons. The molecule has 0 aliphatic heterocycles. The van der Waals surface area contributed by atoms with Crippen molar-refractivity contribution in [1.29, 1.82) is 0 Å². The number of carbonyl (C=O) groups is 1. The molecule has 0 aliphatic carbocycles. The first-order valence-corrected chi connectivity index (χ1v) is 6.58. The van der Waals surface area contributed by atoms with E-state index in [0.717, 1.165) is 0 Å². The number of furan rings is 1. The lowest BCUT2D eigenvalue weighted by molar-refractivity contribution is 0.109. The minimum absolute atomic E-state index is 0.0230. The van der Waals surface area contributed by atoms with Gasteiger partial charge in [-0.15, -0.1) is 0 Å². The van der Waals surface area contributed by atoms with Crippen LogP contribution in [0.15, 0.2) is 21.6 Å². The molecule has 1 atom stereocenters. The molecule has 1 rings (SSSR count). The average molecular weight is 261 g/mol. The largest absolute Gasteiger partial charge is 0.440 e. The Kier molecular flexibility index (Phi) is 4.86. The number of hydrogen-bond acceptors (Lipinski definition) is 5. The number of carbonyl (C=O) groups excluding carboxylic acids is 1. The summed E-state index contributed by atoms with van der Waals surface area (Å²) in [4.78, 5) is 10.4. The zero-order chi connectivity index (χ0) is 12.9. The Morgan fingerprint density at radius 1 is 1.53 bits per heavy atom. The van der Waals surface area contributed by atoms with Crippen molar-refractivity contribution in [2.45, 2.75) is 24.5 Å². The molecule has 0 saturated heterocycles. The summed E-state index contributed by atoms with van der Waals surface area (Å²) in [6, 6.07) is 2.22. The number of nitrogens with one attached hydrogen (secondary N) is 1. The Hall–Kier alpha value is -1.18. The van der Waals surface area contributed by atoms with Crippen LogP contribution in [0.5, 0.6) is 0 Å². The topological polar surface area (TPSA) is 85.6 Å². The van der Waals surface area contributed by atoms with Crippen molar-refractivity contribution >= 4 is 16.3 Å². The first-order valence-electron chi connectivity index (χ1n) is 5.09. The predicted octanol–water partition coefficient (Wildman–Crippen LogP) is 0.795. The van der Waals surface area contributed by atoms with E-state index >= 15 is 0 Å². The third-order valence-electron chi connectivity index (χ3n) is 2.17. The first kappa shape index (κ1) is 13.9. The van der Waals surface area contributed by atoms with Crippen molar-refractivity contribution in [3.8, 4) is 0 Å². The second-order valence-corrected chi connectivity index (χ2v) is 5.10. The lowest BCUT2D eigenvalue weighted by Crippen LogP contribution is -2.37. The molecule has 0 spiro atoms. The predicted molar refractivity (Wildman–Crippen MR) is 60.4 cm³/mol. The van der Waals surface area contributed by atoms with E-state index in [0.29, 0.717) is 12.7 Å². The van der Waals surface area contributed by atoms with Gasteiger partial charge in [-0.05, 0) is 18.6 Å². The molecule has 0 radical (unpaired) electrons. The Morgan fingerprint density at radius 2 is 2.24 bits per heavy atom. The van der Waals surface area contributed by atoms with Gasteiger partial charge in [0.1, 0.15) is 0 Å². The fourth-order valence-corrected chi connectivity index (χ4v) is 2.50. The van der Waals surface area contributed by atoms with Crippen LogP contribution in [0, 0.1) is 0 Å². The molecule has 0 bridgehead atoms. The summed E-state index contributed by atoms with van der Waals surface area (Å²) in [6.45, 7) is 2.11. The maximum absolute atomic E-state index is 11.8. The van der Waals surface area contributed by atoms with Crippen LogP contribution >= 0.6 is 0 Å². The van der Waals surface area contributed by atoms with E-state index in [9.17, 15) is 13.2 Å². The molecule has 0 saturated carbocycles. The summed E-state index contributed by atoms with van der Waals surface area (Å²) < 4.78 is 35.8.